The summed E-state index contributed by atoms with van der Waals surface area (Å²) < 4.78 is 61.0. The number of ether oxygens (including phenoxy) is 3. The van der Waals surface area contributed by atoms with E-state index in [1.165, 1.54) is 51.4 Å². The maximum Gasteiger partial charge on any atom is 0.472 e. The summed E-state index contributed by atoms with van der Waals surface area (Å²) >= 11 is 0. The van der Waals surface area contributed by atoms with Crippen LogP contribution in [0.25, 0.3) is 0 Å². The zero-order valence-electron chi connectivity index (χ0n) is 59.0. The topological polar surface area (TPSA) is 231 Å². The summed E-state index contributed by atoms with van der Waals surface area (Å²) in [5.74, 6) is -1.63. The molecule has 0 aromatic rings. The Balaban J connectivity index is 4.74. The van der Waals surface area contributed by atoms with E-state index >= 15 is 0 Å². The molecule has 0 aliphatic carbocycles. The van der Waals surface area contributed by atoms with Crippen LogP contribution in [0.5, 0.6) is 0 Å². The van der Waals surface area contributed by atoms with Gasteiger partial charge < -0.3 is 34.2 Å². The molecule has 0 spiro atoms. The fourth-order valence-corrected chi connectivity index (χ4v) is 10.8. The van der Waals surface area contributed by atoms with Crippen molar-refractivity contribution in [2.24, 2.45) is 0 Å². The zero-order valence-corrected chi connectivity index (χ0v) is 60.8. The fraction of sp³-hybridized carbons (Fsp3) is 0.675. The molecule has 0 amide bonds. The first-order chi connectivity index (χ1) is 46.2. The van der Waals surface area contributed by atoms with Gasteiger partial charge in [0.25, 0.3) is 0 Å². The van der Waals surface area contributed by atoms with Crippen molar-refractivity contribution in [3.05, 3.63) is 134 Å². The Labute approximate surface area is 575 Å². The monoisotopic (exact) mass is 1370 g/mol. The molecule has 0 aliphatic rings. The smallest absolute Gasteiger partial charge is 0.463 e. The molecule has 4 N–H and O–H groups in total. The number of aliphatic hydroxyl groups is 2. The average Bonchev–Trinajstić information content (AvgIpc) is 1.93. The Bertz CT molecular complexity index is 2260. The second-order valence-electron chi connectivity index (χ2n) is 24.0. The van der Waals surface area contributed by atoms with E-state index in [2.05, 4.69) is 154 Å². The number of carbonyl (C=O) groups is 3. The predicted molar refractivity (Wildman–Crippen MR) is 390 cm³/mol. The van der Waals surface area contributed by atoms with Crippen LogP contribution in [-0.2, 0) is 55.8 Å². The lowest BCUT2D eigenvalue weighted by Gasteiger charge is -2.21. The SMILES string of the molecule is CC/C=C\C/C=C\C/C=C\CCCCCCCCCC(=O)OC(COC(=O)CCCCCCC/C=C\C/C=C\C/C=C\C/C=C\CCCCC)COP(=O)(O)OCC(O)COP(=O)(O)OCC(O)COC(=O)CCCCCCC/C=C\C/C=C\C/C=C\C/C=C\CCCCC. The van der Waals surface area contributed by atoms with Crippen LogP contribution in [0.4, 0.5) is 0 Å². The van der Waals surface area contributed by atoms with Crippen molar-refractivity contribution in [1.82, 2.24) is 0 Å². The van der Waals surface area contributed by atoms with Crippen LogP contribution >= 0.6 is 15.6 Å². The van der Waals surface area contributed by atoms with Crippen molar-refractivity contribution in [3.63, 3.8) is 0 Å². The molecule has 18 heteroatoms. The number of phosphoric acid groups is 2. The molecule has 5 atom stereocenters. The lowest BCUT2D eigenvalue weighted by molar-refractivity contribution is -0.161. The minimum absolute atomic E-state index is 0.0843. The van der Waals surface area contributed by atoms with Crippen LogP contribution in [0.2, 0.25) is 0 Å². The number of hydrogen-bond acceptors (Lipinski definition) is 14. The minimum atomic E-state index is -4.94. The van der Waals surface area contributed by atoms with E-state index in [1.807, 2.05) is 0 Å². The maximum atomic E-state index is 13.0. The van der Waals surface area contributed by atoms with Gasteiger partial charge in [-0.25, -0.2) is 9.13 Å². The molecule has 0 saturated heterocycles. The van der Waals surface area contributed by atoms with Crippen molar-refractivity contribution in [3.8, 4) is 0 Å². The first-order valence-corrected chi connectivity index (χ1v) is 39.5. The molecule has 0 fully saturated rings. The number of aliphatic hydroxyl groups excluding tert-OH is 2. The second-order valence-corrected chi connectivity index (χ2v) is 26.9. The number of rotatable bonds is 68. The van der Waals surface area contributed by atoms with Crippen molar-refractivity contribution < 1.29 is 75.8 Å². The molecule has 0 bridgehead atoms. The van der Waals surface area contributed by atoms with Crippen LogP contribution < -0.4 is 0 Å². The van der Waals surface area contributed by atoms with Gasteiger partial charge in [-0.15, -0.1) is 0 Å². The lowest BCUT2D eigenvalue weighted by Crippen LogP contribution is -2.30. The van der Waals surface area contributed by atoms with E-state index in [-0.39, 0.29) is 19.3 Å². The Morgan fingerprint density at radius 2 is 0.558 bits per heavy atom. The number of unbranched alkanes of at least 4 members (excludes halogenated alkanes) is 23. The molecule has 0 rings (SSSR count). The molecule has 0 aromatic carbocycles. The summed E-state index contributed by atoms with van der Waals surface area (Å²) in [5, 5.41) is 20.6. The van der Waals surface area contributed by atoms with Crippen LogP contribution in [-0.4, -0.2) is 95.9 Å². The number of hydrogen-bond donors (Lipinski definition) is 4. The van der Waals surface area contributed by atoms with E-state index < -0.39 is 91.5 Å². The Morgan fingerprint density at radius 3 is 0.884 bits per heavy atom. The summed E-state index contributed by atoms with van der Waals surface area (Å²) in [6.45, 7) is 2.45. The van der Waals surface area contributed by atoms with Gasteiger partial charge in [0.05, 0.1) is 26.4 Å². The van der Waals surface area contributed by atoms with E-state index in [0.29, 0.717) is 19.3 Å². The highest BCUT2D eigenvalue weighted by Crippen LogP contribution is 2.45. The molecule has 16 nitrogen and oxygen atoms in total. The summed E-state index contributed by atoms with van der Waals surface area (Å²) in [7, 11) is -9.80. The van der Waals surface area contributed by atoms with Gasteiger partial charge in [-0.1, -0.05) is 251 Å². The van der Waals surface area contributed by atoms with Crippen LogP contribution in [0.3, 0.4) is 0 Å². The lowest BCUT2D eigenvalue weighted by atomic mass is 10.1. The molecule has 0 aliphatic heterocycles. The van der Waals surface area contributed by atoms with Gasteiger partial charge in [-0.3, -0.25) is 32.5 Å². The summed E-state index contributed by atoms with van der Waals surface area (Å²) in [5.41, 5.74) is 0. The van der Waals surface area contributed by atoms with E-state index in [4.69, 9.17) is 32.3 Å². The third-order valence-corrected chi connectivity index (χ3v) is 16.7. The molecule has 0 radical (unpaired) electrons. The van der Waals surface area contributed by atoms with Gasteiger partial charge in [-0.2, -0.15) is 0 Å². The van der Waals surface area contributed by atoms with Crippen LogP contribution in [0.1, 0.15) is 278 Å². The first-order valence-electron chi connectivity index (χ1n) is 36.5. The third kappa shape index (κ3) is 70.8. The summed E-state index contributed by atoms with van der Waals surface area (Å²) in [6, 6.07) is 0. The maximum absolute atomic E-state index is 13.0. The quantitative estimate of drug-likeness (QED) is 0.0146. The molecular weight excluding hydrogens is 1240 g/mol. The largest absolute Gasteiger partial charge is 0.472 e. The number of phosphoric ester groups is 2. The molecule has 0 saturated carbocycles. The van der Waals surface area contributed by atoms with E-state index in [9.17, 15) is 43.5 Å². The Hall–Kier alpha value is -4.31. The van der Waals surface area contributed by atoms with Crippen molar-refractivity contribution in [2.45, 2.75) is 296 Å². The zero-order chi connectivity index (χ0) is 69.5. The normalized spacial score (nSPS) is 14.9. The molecule has 0 aromatic heterocycles. The minimum Gasteiger partial charge on any atom is -0.463 e. The number of allylic oxidation sites excluding steroid dienone is 22. The average molecular weight is 1370 g/mol. The summed E-state index contributed by atoms with van der Waals surface area (Å²) in [4.78, 5) is 58.5. The third-order valence-electron chi connectivity index (χ3n) is 14.8. The Kier molecular flexibility index (Phi) is 66.4. The van der Waals surface area contributed by atoms with Gasteiger partial charge in [0.15, 0.2) is 6.10 Å². The van der Waals surface area contributed by atoms with E-state index in [0.717, 1.165) is 167 Å². The van der Waals surface area contributed by atoms with Crippen LogP contribution in [0.15, 0.2) is 134 Å². The Morgan fingerprint density at radius 1 is 0.305 bits per heavy atom. The van der Waals surface area contributed by atoms with E-state index in [1.54, 1.807) is 0 Å². The highest BCUT2D eigenvalue weighted by atomic mass is 31.2. The van der Waals surface area contributed by atoms with Gasteiger partial charge in [0.2, 0.25) is 0 Å². The van der Waals surface area contributed by atoms with Crippen molar-refractivity contribution in [2.75, 3.05) is 39.6 Å². The van der Waals surface area contributed by atoms with Gasteiger partial charge in [0, 0.05) is 19.3 Å². The van der Waals surface area contributed by atoms with Crippen molar-refractivity contribution >= 4 is 33.6 Å². The number of esters is 3. The molecular formula is C77H130O16P2. The van der Waals surface area contributed by atoms with Gasteiger partial charge in [-0.05, 0) is 141 Å². The predicted octanol–water partition coefficient (Wildman–Crippen LogP) is 20.8. The highest BCUT2D eigenvalue weighted by Gasteiger charge is 2.29. The standard InChI is InChI=1S/C77H130O16P2/c1-4-7-10-13-16-19-22-25-28-31-33-35-37-40-42-45-48-51-54-57-60-63-75(80)87-66-72(78)67-89-94(83,84)90-68-73(79)69-91-95(85,86)92-71-74(93-77(82)65-62-59-56-53-50-47-44-39-30-27-24-21-18-15-12-9-6-3)70-88-76(81)64-61-58-55-52-49-46-43-41-38-36-34-32-29-26-23-20-17-14-11-8-5-2/h9,12,16-21,25-30,33-36,40-43,72-74,78-79H,4-8,10-11,13-15,22-24,31-32,37-39,44-71H2,1-3H3,(H,83,84)(H,85,86)/b12-9-,19-16-,20-17-,21-18-,28-25-,29-26-,30-27-,35-33-,36-34-,42-40-,43-41-. The summed E-state index contributed by atoms with van der Waals surface area (Å²) in [6.07, 6.45) is 82.0. The van der Waals surface area contributed by atoms with Gasteiger partial charge >= 0.3 is 33.6 Å². The molecule has 5 unspecified atom stereocenters. The van der Waals surface area contributed by atoms with Crippen LogP contribution in [0, 0.1) is 0 Å². The van der Waals surface area contributed by atoms with Gasteiger partial charge in [0.1, 0.15) is 25.4 Å². The second kappa shape index (κ2) is 69.6. The molecule has 544 valence electrons. The molecule has 95 heavy (non-hydrogen) atoms. The first kappa shape index (κ1) is 90.7. The highest BCUT2D eigenvalue weighted by molar-refractivity contribution is 7.47. The molecule has 0 heterocycles. The number of carbonyl (C=O) groups excluding carboxylic acids is 3. The fourth-order valence-electron chi connectivity index (χ4n) is 9.26. The van der Waals surface area contributed by atoms with Crippen molar-refractivity contribution in [1.29, 1.82) is 0 Å².